The van der Waals surface area contributed by atoms with Crippen LogP contribution < -0.4 is 22.0 Å². The molecule has 7 nitrogen and oxygen atoms in total. The third kappa shape index (κ3) is 4.55. The SMILES string of the molecule is Cc1ccc([N+]2=NC(c3ccc([N+](=O)[O-])cc3)=NN(c3ccccc3)C2)cc1.[Br-]. The number of nitrogens with zero attached hydrogens (tertiary/aromatic N) is 5. The van der Waals surface area contributed by atoms with Gasteiger partial charge in [0, 0.05) is 34.9 Å². The van der Waals surface area contributed by atoms with E-state index in [1.54, 1.807) is 12.1 Å². The van der Waals surface area contributed by atoms with E-state index in [2.05, 4.69) is 10.2 Å². The van der Waals surface area contributed by atoms with Crippen LogP contribution in [0.5, 0.6) is 0 Å². The number of para-hydroxylation sites is 1. The Morgan fingerprint density at radius 3 is 2.24 bits per heavy atom. The zero-order chi connectivity index (χ0) is 19.5. The molecule has 1 aliphatic heterocycles. The number of hydrazone groups is 1. The van der Waals surface area contributed by atoms with Crippen LogP contribution in [-0.2, 0) is 0 Å². The normalized spacial score (nSPS) is 13.2. The maximum Gasteiger partial charge on any atom is 0.269 e. The second kappa shape index (κ2) is 8.74. The molecule has 0 saturated carbocycles. The number of anilines is 1. The van der Waals surface area contributed by atoms with Crippen molar-refractivity contribution in [3.63, 3.8) is 0 Å². The molecule has 0 fully saturated rings. The van der Waals surface area contributed by atoms with Gasteiger partial charge in [0.15, 0.2) is 0 Å². The van der Waals surface area contributed by atoms with E-state index in [1.165, 1.54) is 17.7 Å². The quantitative estimate of drug-likeness (QED) is 0.345. The molecule has 0 amide bonds. The highest BCUT2D eigenvalue weighted by atomic mass is 79.9. The molecule has 3 aromatic rings. The van der Waals surface area contributed by atoms with Gasteiger partial charge in [0.1, 0.15) is 0 Å². The fourth-order valence-electron chi connectivity index (χ4n) is 2.88. The van der Waals surface area contributed by atoms with Crippen LogP contribution >= 0.6 is 0 Å². The molecular formula is C21H18BrN5O2. The summed E-state index contributed by atoms with van der Waals surface area (Å²) in [5, 5.41) is 22.1. The van der Waals surface area contributed by atoms with Crippen LogP contribution in [-0.4, -0.2) is 22.1 Å². The van der Waals surface area contributed by atoms with Gasteiger partial charge in [-0.15, -0.1) is 5.10 Å². The predicted molar refractivity (Wildman–Crippen MR) is 107 cm³/mol. The van der Waals surface area contributed by atoms with Gasteiger partial charge >= 0.3 is 0 Å². The molecule has 8 heteroatoms. The topological polar surface area (TPSA) is 74.1 Å². The Labute approximate surface area is 178 Å². The van der Waals surface area contributed by atoms with Gasteiger partial charge in [0.25, 0.3) is 12.4 Å². The molecule has 146 valence electrons. The molecule has 0 spiro atoms. The lowest BCUT2D eigenvalue weighted by Gasteiger charge is -2.20. The lowest BCUT2D eigenvalue weighted by atomic mass is 10.2. The lowest BCUT2D eigenvalue weighted by Crippen LogP contribution is -3.00. The average Bonchev–Trinajstić information content (AvgIpc) is 2.74. The van der Waals surface area contributed by atoms with Gasteiger partial charge in [-0.25, -0.2) is 5.01 Å². The minimum atomic E-state index is -0.418. The first kappa shape index (κ1) is 20.3. The van der Waals surface area contributed by atoms with Gasteiger partial charge in [-0.05, 0) is 31.2 Å². The van der Waals surface area contributed by atoms with E-state index in [9.17, 15) is 10.1 Å². The zero-order valence-electron chi connectivity index (χ0n) is 15.6. The number of amidine groups is 1. The number of halogens is 1. The minimum absolute atomic E-state index is 0. The van der Waals surface area contributed by atoms with Crippen molar-refractivity contribution < 1.29 is 26.6 Å². The standard InChI is InChI=1S/C21H18N5O2.BrH/c1-16-7-11-19(12-8-16)25-15-24(18-5-3-2-4-6-18)22-21(23-25)17-9-13-20(14-10-17)26(27)28;/h2-14H,15H2,1H3;1H/q+1;/p-1. The van der Waals surface area contributed by atoms with Crippen LogP contribution in [0.25, 0.3) is 0 Å². The molecule has 29 heavy (non-hydrogen) atoms. The highest BCUT2D eigenvalue weighted by molar-refractivity contribution is 5.99. The number of nitro benzene ring substituents is 1. The number of non-ortho nitro benzene ring substituents is 1. The summed E-state index contributed by atoms with van der Waals surface area (Å²) in [7, 11) is 0. The number of nitro groups is 1. The molecule has 0 bridgehead atoms. The Balaban J connectivity index is 0.00000240. The van der Waals surface area contributed by atoms with Crippen LogP contribution in [0.4, 0.5) is 17.1 Å². The van der Waals surface area contributed by atoms with E-state index in [4.69, 9.17) is 0 Å². The van der Waals surface area contributed by atoms with E-state index in [1.807, 2.05) is 71.2 Å². The Morgan fingerprint density at radius 1 is 0.966 bits per heavy atom. The molecule has 0 aromatic heterocycles. The largest absolute Gasteiger partial charge is 1.00 e. The molecule has 0 radical (unpaired) electrons. The summed E-state index contributed by atoms with van der Waals surface area (Å²) in [4.78, 5) is 10.5. The van der Waals surface area contributed by atoms with Gasteiger partial charge < -0.3 is 17.0 Å². The summed E-state index contributed by atoms with van der Waals surface area (Å²) in [6.45, 7) is 2.50. The number of hydrogen-bond donors (Lipinski definition) is 0. The van der Waals surface area contributed by atoms with Crippen LogP contribution in [0.1, 0.15) is 11.1 Å². The highest BCUT2D eigenvalue weighted by Gasteiger charge is 2.25. The average molecular weight is 452 g/mol. The number of benzene rings is 3. The van der Waals surface area contributed by atoms with E-state index < -0.39 is 4.92 Å². The first-order valence-corrected chi connectivity index (χ1v) is 8.82. The fraction of sp³-hybridized carbons (Fsp3) is 0.0952. The summed E-state index contributed by atoms with van der Waals surface area (Å²) in [5.41, 5.74) is 3.80. The maximum atomic E-state index is 10.9. The Hall–Kier alpha value is -3.39. The van der Waals surface area contributed by atoms with Gasteiger partial charge in [0.2, 0.25) is 11.5 Å². The third-order valence-corrected chi connectivity index (χ3v) is 4.42. The molecule has 3 aromatic carbocycles. The molecule has 0 atom stereocenters. The number of azo groups is 2. The smallest absolute Gasteiger partial charge is 0.269 e. The summed E-state index contributed by atoms with van der Waals surface area (Å²) < 4.78 is 1.87. The van der Waals surface area contributed by atoms with Crippen LogP contribution in [0.15, 0.2) is 89.1 Å². The van der Waals surface area contributed by atoms with Gasteiger partial charge in [0.05, 0.1) is 10.6 Å². The lowest BCUT2D eigenvalue weighted by molar-refractivity contribution is -0.508. The van der Waals surface area contributed by atoms with Crippen molar-refractivity contribution in [3.05, 3.63) is 100 Å². The van der Waals surface area contributed by atoms with Crippen molar-refractivity contribution in [1.82, 2.24) is 0 Å². The number of aryl methyl sites for hydroxylation is 1. The minimum Gasteiger partial charge on any atom is -1.00 e. The van der Waals surface area contributed by atoms with Crippen LogP contribution in [0, 0.1) is 17.0 Å². The van der Waals surface area contributed by atoms with Crippen molar-refractivity contribution in [2.75, 3.05) is 11.7 Å². The third-order valence-electron chi connectivity index (χ3n) is 4.42. The Bertz CT molecular complexity index is 1060. The van der Waals surface area contributed by atoms with Crippen molar-refractivity contribution in [3.8, 4) is 0 Å². The van der Waals surface area contributed by atoms with E-state index in [-0.39, 0.29) is 22.7 Å². The molecule has 1 heterocycles. The molecule has 0 saturated heterocycles. The summed E-state index contributed by atoms with van der Waals surface area (Å²) in [6.07, 6.45) is 0. The van der Waals surface area contributed by atoms with Gasteiger partial charge in [-0.2, -0.15) is 0 Å². The maximum absolute atomic E-state index is 10.9. The number of rotatable bonds is 4. The molecular weight excluding hydrogens is 434 g/mol. The summed E-state index contributed by atoms with van der Waals surface area (Å²) in [5.74, 6) is 0.491. The van der Waals surface area contributed by atoms with Crippen LogP contribution in [0.3, 0.4) is 0 Å². The second-order valence-corrected chi connectivity index (χ2v) is 6.44. The first-order valence-electron chi connectivity index (χ1n) is 8.82. The van der Waals surface area contributed by atoms with Crippen molar-refractivity contribution in [1.29, 1.82) is 0 Å². The summed E-state index contributed by atoms with van der Waals surface area (Å²) in [6, 6.07) is 24.2. The molecule has 4 rings (SSSR count). The molecule has 0 aliphatic carbocycles. The molecule has 1 aliphatic rings. The van der Waals surface area contributed by atoms with Gasteiger partial charge in [-0.1, -0.05) is 40.6 Å². The van der Waals surface area contributed by atoms with Gasteiger partial charge in [-0.3, -0.25) is 10.1 Å². The number of hydrogen-bond acceptors (Lipinski definition) is 5. The zero-order valence-corrected chi connectivity index (χ0v) is 17.2. The highest BCUT2D eigenvalue weighted by Crippen LogP contribution is 2.23. The van der Waals surface area contributed by atoms with E-state index in [0.717, 1.165) is 11.4 Å². The van der Waals surface area contributed by atoms with E-state index in [0.29, 0.717) is 18.1 Å². The van der Waals surface area contributed by atoms with Crippen LogP contribution in [0.2, 0.25) is 0 Å². The molecule has 0 unspecified atom stereocenters. The Kier molecular flexibility index (Phi) is 6.13. The summed E-state index contributed by atoms with van der Waals surface area (Å²) >= 11 is 0. The van der Waals surface area contributed by atoms with Crippen molar-refractivity contribution >= 4 is 22.9 Å². The Morgan fingerprint density at radius 2 is 1.62 bits per heavy atom. The molecule has 0 N–H and O–H groups in total. The fourth-order valence-corrected chi connectivity index (χ4v) is 2.88. The first-order chi connectivity index (χ1) is 13.6. The predicted octanol–water partition coefficient (Wildman–Crippen LogP) is 1.84. The van der Waals surface area contributed by atoms with E-state index >= 15 is 0 Å². The monoisotopic (exact) mass is 451 g/mol. The second-order valence-electron chi connectivity index (χ2n) is 6.44. The van der Waals surface area contributed by atoms with Crippen molar-refractivity contribution in [2.45, 2.75) is 6.92 Å². The van der Waals surface area contributed by atoms with Crippen molar-refractivity contribution in [2.24, 2.45) is 10.2 Å².